The first-order valence-corrected chi connectivity index (χ1v) is 5.57. The zero-order valence-electron chi connectivity index (χ0n) is 8.65. The van der Waals surface area contributed by atoms with Gasteiger partial charge in [0.05, 0.1) is 6.04 Å². The maximum absolute atomic E-state index is 6.11. The van der Waals surface area contributed by atoms with Gasteiger partial charge in [-0.2, -0.15) is 0 Å². The maximum atomic E-state index is 6.11. The lowest BCUT2D eigenvalue weighted by Gasteiger charge is -2.06. The number of benzene rings is 1. The molecule has 0 amide bonds. The van der Waals surface area contributed by atoms with Crippen LogP contribution >= 0.6 is 0 Å². The van der Waals surface area contributed by atoms with Crippen LogP contribution in [-0.2, 0) is 0 Å². The smallest absolute Gasteiger partial charge is 0.134 e. The Morgan fingerprint density at radius 1 is 1.33 bits per heavy atom. The Hall–Kier alpha value is -1.28. The molecular weight excluding hydrogens is 186 g/mol. The van der Waals surface area contributed by atoms with Gasteiger partial charge in [-0.25, -0.2) is 0 Å². The van der Waals surface area contributed by atoms with Crippen molar-refractivity contribution in [2.45, 2.75) is 25.3 Å². The minimum atomic E-state index is 0.0740. The molecule has 0 aliphatic heterocycles. The topological polar surface area (TPSA) is 39.2 Å². The number of para-hydroxylation sites is 1. The van der Waals surface area contributed by atoms with Crippen LogP contribution in [0.4, 0.5) is 0 Å². The van der Waals surface area contributed by atoms with E-state index >= 15 is 0 Å². The van der Waals surface area contributed by atoms with Crippen LogP contribution in [0.15, 0.2) is 34.7 Å². The van der Waals surface area contributed by atoms with E-state index in [-0.39, 0.29) is 6.04 Å². The van der Waals surface area contributed by atoms with Crippen LogP contribution in [0.1, 0.15) is 31.1 Å². The zero-order chi connectivity index (χ0) is 10.3. The van der Waals surface area contributed by atoms with E-state index in [1.165, 1.54) is 12.8 Å². The maximum Gasteiger partial charge on any atom is 0.134 e. The Kier molecular flexibility index (Phi) is 2.03. The summed E-state index contributed by atoms with van der Waals surface area (Å²) < 4.78 is 5.73. The molecule has 2 nitrogen and oxygen atoms in total. The van der Waals surface area contributed by atoms with Gasteiger partial charge >= 0.3 is 0 Å². The normalized spacial score (nSPS) is 18.2. The third-order valence-electron chi connectivity index (χ3n) is 3.09. The van der Waals surface area contributed by atoms with Crippen molar-refractivity contribution in [3.63, 3.8) is 0 Å². The molecular formula is C13H15NO. The molecule has 1 fully saturated rings. The van der Waals surface area contributed by atoms with E-state index in [9.17, 15) is 0 Å². The van der Waals surface area contributed by atoms with E-state index in [0.717, 1.165) is 29.1 Å². The summed E-state index contributed by atoms with van der Waals surface area (Å²) in [6, 6.07) is 10.2. The monoisotopic (exact) mass is 201 g/mol. The molecule has 0 unspecified atom stereocenters. The Bertz CT molecular complexity index is 437. The van der Waals surface area contributed by atoms with E-state index in [0.29, 0.717) is 0 Å². The Morgan fingerprint density at radius 3 is 2.87 bits per heavy atom. The summed E-state index contributed by atoms with van der Waals surface area (Å²) in [4.78, 5) is 0. The second-order valence-electron chi connectivity index (χ2n) is 4.47. The van der Waals surface area contributed by atoms with Crippen molar-refractivity contribution in [2.24, 2.45) is 11.7 Å². The highest BCUT2D eigenvalue weighted by Crippen LogP contribution is 2.37. The molecule has 0 spiro atoms. The fraction of sp³-hybridized carbons (Fsp3) is 0.385. The third kappa shape index (κ3) is 1.77. The van der Waals surface area contributed by atoms with E-state index in [4.69, 9.17) is 10.2 Å². The van der Waals surface area contributed by atoms with Crippen LogP contribution < -0.4 is 5.73 Å². The van der Waals surface area contributed by atoms with Gasteiger partial charge in [-0.15, -0.1) is 0 Å². The summed E-state index contributed by atoms with van der Waals surface area (Å²) in [6.07, 6.45) is 3.75. The molecule has 0 radical (unpaired) electrons. The number of hydrogen-bond donors (Lipinski definition) is 1. The van der Waals surface area contributed by atoms with Gasteiger partial charge in [0.15, 0.2) is 0 Å². The second kappa shape index (κ2) is 3.38. The molecule has 2 N–H and O–H groups in total. The molecule has 1 heterocycles. The lowest BCUT2D eigenvalue weighted by Crippen LogP contribution is -2.09. The van der Waals surface area contributed by atoms with Gasteiger partial charge in [0.1, 0.15) is 11.3 Å². The fourth-order valence-electron chi connectivity index (χ4n) is 2.01. The summed E-state index contributed by atoms with van der Waals surface area (Å²) in [5.41, 5.74) is 7.05. The van der Waals surface area contributed by atoms with Crippen LogP contribution in [0.3, 0.4) is 0 Å². The van der Waals surface area contributed by atoms with E-state index in [1.807, 2.05) is 18.2 Å². The van der Waals surface area contributed by atoms with Crippen molar-refractivity contribution >= 4 is 11.0 Å². The molecule has 1 saturated carbocycles. The molecule has 2 heteroatoms. The zero-order valence-corrected chi connectivity index (χ0v) is 8.65. The number of hydrogen-bond acceptors (Lipinski definition) is 2. The quantitative estimate of drug-likeness (QED) is 0.828. The largest absolute Gasteiger partial charge is 0.459 e. The molecule has 1 aliphatic carbocycles. The Labute approximate surface area is 89.1 Å². The van der Waals surface area contributed by atoms with Crippen molar-refractivity contribution in [1.29, 1.82) is 0 Å². The van der Waals surface area contributed by atoms with Gasteiger partial charge in [0.25, 0.3) is 0 Å². The number of furan rings is 1. The van der Waals surface area contributed by atoms with Gasteiger partial charge in [-0.05, 0) is 24.5 Å². The van der Waals surface area contributed by atoms with Crippen molar-refractivity contribution in [2.75, 3.05) is 0 Å². The predicted octanol–water partition coefficient (Wildman–Crippen LogP) is 3.23. The van der Waals surface area contributed by atoms with Crippen LogP contribution in [0.2, 0.25) is 0 Å². The molecule has 3 rings (SSSR count). The predicted molar refractivity (Wildman–Crippen MR) is 60.5 cm³/mol. The van der Waals surface area contributed by atoms with E-state index < -0.39 is 0 Å². The summed E-state index contributed by atoms with van der Waals surface area (Å²) in [6.45, 7) is 0. The molecule has 0 bridgehead atoms. The van der Waals surface area contributed by atoms with Crippen molar-refractivity contribution < 1.29 is 4.42 Å². The Balaban J connectivity index is 1.89. The SMILES string of the molecule is N[C@H](CC1CC1)c1cc2ccccc2o1. The standard InChI is InChI=1S/C13H15NO/c14-11(7-9-5-6-9)13-8-10-3-1-2-4-12(10)15-13/h1-4,8-9,11H,5-7,14H2/t11-/m1/s1. The van der Waals surface area contributed by atoms with Gasteiger partial charge in [-0.3, -0.25) is 0 Å². The molecule has 1 aliphatic rings. The molecule has 15 heavy (non-hydrogen) atoms. The highest BCUT2D eigenvalue weighted by Gasteiger charge is 2.25. The minimum Gasteiger partial charge on any atom is -0.459 e. The molecule has 1 aromatic carbocycles. The highest BCUT2D eigenvalue weighted by atomic mass is 16.3. The van der Waals surface area contributed by atoms with Crippen molar-refractivity contribution in [3.8, 4) is 0 Å². The molecule has 1 aromatic heterocycles. The van der Waals surface area contributed by atoms with Gasteiger partial charge in [0.2, 0.25) is 0 Å². The second-order valence-corrected chi connectivity index (χ2v) is 4.47. The van der Waals surface area contributed by atoms with Crippen LogP contribution in [0.5, 0.6) is 0 Å². The highest BCUT2D eigenvalue weighted by molar-refractivity contribution is 5.77. The fourth-order valence-corrected chi connectivity index (χ4v) is 2.01. The first-order chi connectivity index (χ1) is 7.33. The number of nitrogens with two attached hydrogens (primary N) is 1. The lowest BCUT2D eigenvalue weighted by molar-refractivity contribution is 0.463. The molecule has 2 aromatic rings. The van der Waals surface area contributed by atoms with Crippen LogP contribution in [-0.4, -0.2) is 0 Å². The molecule has 0 saturated heterocycles. The first kappa shape index (κ1) is 8.98. The van der Waals surface area contributed by atoms with E-state index in [1.54, 1.807) is 0 Å². The first-order valence-electron chi connectivity index (χ1n) is 5.57. The Morgan fingerprint density at radius 2 is 2.13 bits per heavy atom. The number of rotatable bonds is 3. The van der Waals surface area contributed by atoms with E-state index in [2.05, 4.69) is 12.1 Å². The van der Waals surface area contributed by atoms with Crippen molar-refractivity contribution in [1.82, 2.24) is 0 Å². The van der Waals surface area contributed by atoms with Crippen molar-refractivity contribution in [3.05, 3.63) is 36.1 Å². The summed E-state index contributed by atoms with van der Waals surface area (Å²) in [5.74, 6) is 1.77. The average Bonchev–Trinajstić information content (AvgIpc) is 2.95. The van der Waals surface area contributed by atoms with Crippen LogP contribution in [0.25, 0.3) is 11.0 Å². The summed E-state index contributed by atoms with van der Waals surface area (Å²) in [5, 5.41) is 1.15. The van der Waals surface area contributed by atoms with Gasteiger partial charge in [-0.1, -0.05) is 31.0 Å². The van der Waals surface area contributed by atoms with Crippen LogP contribution in [0, 0.1) is 5.92 Å². The minimum absolute atomic E-state index is 0.0740. The van der Waals surface area contributed by atoms with Gasteiger partial charge < -0.3 is 10.2 Å². The lowest BCUT2D eigenvalue weighted by atomic mass is 10.1. The van der Waals surface area contributed by atoms with Gasteiger partial charge in [0, 0.05) is 5.39 Å². The average molecular weight is 201 g/mol. The summed E-state index contributed by atoms with van der Waals surface area (Å²) in [7, 11) is 0. The molecule has 78 valence electrons. The number of fused-ring (bicyclic) bond motifs is 1. The third-order valence-corrected chi connectivity index (χ3v) is 3.09. The molecule has 1 atom stereocenters. The summed E-state index contributed by atoms with van der Waals surface area (Å²) >= 11 is 0.